The Balaban J connectivity index is 4.82. The number of urea groups is 1. The fourth-order valence-electron chi connectivity index (χ4n) is 1.99. The lowest BCUT2D eigenvalue weighted by molar-refractivity contribution is -0.139. The molecular formula is C14H26N2O4. The van der Waals surface area contributed by atoms with Gasteiger partial charge in [0.2, 0.25) is 0 Å². The average Bonchev–Trinajstić information content (AvgIpc) is 2.42. The molecule has 0 spiro atoms. The van der Waals surface area contributed by atoms with Crippen LogP contribution in [-0.4, -0.2) is 54.4 Å². The van der Waals surface area contributed by atoms with Crippen molar-refractivity contribution in [1.29, 1.82) is 0 Å². The van der Waals surface area contributed by atoms with Crippen molar-refractivity contribution < 1.29 is 19.4 Å². The van der Waals surface area contributed by atoms with Crippen LogP contribution < -0.4 is 5.32 Å². The molecule has 0 bridgehead atoms. The van der Waals surface area contributed by atoms with Crippen molar-refractivity contribution in [1.82, 2.24) is 10.2 Å². The molecule has 0 aliphatic carbocycles. The molecule has 2 amide bonds. The highest BCUT2D eigenvalue weighted by Gasteiger charge is 2.25. The number of ether oxygens (including phenoxy) is 1. The number of amides is 2. The third kappa shape index (κ3) is 6.06. The van der Waals surface area contributed by atoms with Crippen LogP contribution in [0.5, 0.6) is 0 Å². The molecule has 0 saturated carbocycles. The minimum Gasteiger partial charge on any atom is -0.480 e. The van der Waals surface area contributed by atoms with Crippen LogP contribution in [0, 0.1) is 0 Å². The molecule has 20 heavy (non-hydrogen) atoms. The summed E-state index contributed by atoms with van der Waals surface area (Å²) in [5.74, 6) is -1.06. The second kappa shape index (κ2) is 10.3. The minimum atomic E-state index is -1.06. The van der Waals surface area contributed by atoms with Crippen LogP contribution in [0.3, 0.4) is 0 Å². The zero-order valence-corrected chi connectivity index (χ0v) is 12.6. The van der Waals surface area contributed by atoms with E-state index in [0.717, 1.165) is 12.8 Å². The van der Waals surface area contributed by atoms with E-state index in [0.29, 0.717) is 13.2 Å². The van der Waals surface area contributed by atoms with Gasteiger partial charge in [-0.3, -0.25) is 0 Å². The van der Waals surface area contributed by atoms with E-state index in [1.807, 2.05) is 13.8 Å². The fourth-order valence-corrected chi connectivity index (χ4v) is 1.99. The molecule has 0 aliphatic rings. The number of carbonyl (C=O) groups is 2. The topological polar surface area (TPSA) is 78.9 Å². The molecule has 0 rings (SSSR count). The largest absolute Gasteiger partial charge is 0.480 e. The molecule has 0 saturated heterocycles. The highest BCUT2D eigenvalue weighted by atomic mass is 16.5. The Bertz CT molecular complexity index is 316. The molecule has 6 nitrogen and oxygen atoms in total. The first-order valence-corrected chi connectivity index (χ1v) is 6.91. The highest BCUT2D eigenvalue weighted by Crippen LogP contribution is 2.09. The zero-order valence-electron chi connectivity index (χ0n) is 12.6. The van der Waals surface area contributed by atoms with Crippen molar-refractivity contribution in [3.8, 4) is 0 Å². The Kier molecular flexibility index (Phi) is 9.45. The number of hydrogen-bond acceptors (Lipinski definition) is 3. The van der Waals surface area contributed by atoms with Gasteiger partial charge in [-0.1, -0.05) is 19.9 Å². The number of rotatable bonds is 10. The molecule has 0 aromatic heterocycles. The number of hydrogen-bond donors (Lipinski definition) is 2. The summed E-state index contributed by atoms with van der Waals surface area (Å²) in [7, 11) is 1.57. The number of nitrogens with zero attached hydrogens (tertiary/aromatic N) is 1. The van der Waals surface area contributed by atoms with Crippen molar-refractivity contribution in [2.75, 3.05) is 20.3 Å². The monoisotopic (exact) mass is 286 g/mol. The van der Waals surface area contributed by atoms with Gasteiger partial charge in [0.15, 0.2) is 0 Å². The summed E-state index contributed by atoms with van der Waals surface area (Å²) < 4.78 is 5.01. The van der Waals surface area contributed by atoms with E-state index in [1.54, 1.807) is 12.0 Å². The Morgan fingerprint density at radius 1 is 1.40 bits per heavy atom. The molecule has 0 heterocycles. The van der Waals surface area contributed by atoms with Crippen LogP contribution in [0.15, 0.2) is 12.7 Å². The molecule has 0 radical (unpaired) electrons. The van der Waals surface area contributed by atoms with Crippen LogP contribution in [-0.2, 0) is 9.53 Å². The van der Waals surface area contributed by atoms with Gasteiger partial charge in [0.1, 0.15) is 6.04 Å². The second-order valence-corrected chi connectivity index (χ2v) is 4.52. The summed E-state index contributed by atoms with van der Waals surface area (Å²) in [6.45, 7) is 8.36. The molecule has 1 unspecified atom stereocenters. The summed E-state index contributed by atoms with van der Waals surface area (Å²) >= 11 is 0. The van der Waals surface area contributed by atoms with Gasteiger partial charge < -0.3 is 20.1 Å². The minimum absolute atomic E-state index is 0.0725. The van der Waals surface area contributed by atoms with Crippen molar-refractivity contribution >= 4 is 12.0 Å². The van der Waals surface area contributed by atoms with Gasteiger partial charge >= 0.3 is 12.0 Å². The van der Waals surface area contributed by atoms with Crippen LogP contribution in [0.25, 0.3) is 0 Å². The van der Waals surface area contributed by atoms with Gasteiger partial charge in [-0.05, 0) is 19.3 Å². The standard InChI is InChI=1S/C14H26N2O4/c1-5-8-12(13(17)18)15-14(19)16(9-10-20-4)11(6-2)7-3/h5,11-12H,1,6-10H2,2-4H3,(H,15,19)(H,17,18). The molecular weight excluding hydrogens is 260 g/mol. The Hall–Kier alpha value is -1.56. The number of carboxylic acids is 1. The molecule has 6 heteroatoms. The first-order valence-electron chi connectivity index (χ1n) is 6.91. The molecule has 0 fully saturated rings. The smallest absolute Gasteiger partial charge is 0.326 e. The maximum Gasteiger partial charge on any atom is 0.326 e. The number of nitrogens with one attached hydrogen (secondary N) is 1. The van der Waals surface area contributed by atoms with Crippen LogP contribution in [0.2, 0.25) is 0 Å². The molecule has 0 aromatic carbocycles. The normalized spacial score (nSPS) is 12.0. The van der Waals surface area contributed by atoms with E-state index in [9.17, 15) is 9.59 Å². The Morgan fingerprint density at radius 2 is 2.00 bits per heavy atom. The molecule has 2 N–H and O–H groups in total. The van der Waals surface area contributed by atoms with Crippen molar-refractivity contribution in [3.63, 3.8) is 0 Å². The van der Waals surface area contributed by atoms with E-state index in [1.165, 1.54) is 6.08 Å². The quantitative estimate of drug-likeness (QED) is 0.601. The lowest BCUT2D eigenvalue weighted by atomic mass is 10.1. The van der Waals surface area contributed by atoms with E-state index >= 15 is 0 Å². The van der Waals surface area contributed by atoms with Crippen molar-refractivity contribution in [3.05, 3.63) is 12.7 Å². The fraction of sp³-hybridized carbons (Fsp3) is 0.714. The summed E-state index contributed by atoms with van der Waals surface area (Å²) in [5.41, 5.74) is 0. The number of aliphatic carboxylic acids is 1. The van der Waals surface area contributed by atoms with Crippen LogP contribution >= 0.6 is 0 Å². The molecule has 116 valence electrons. The van der Waals surface area contributed by atoms with Crippen LogP contribution in [0.4, 0.5) is 4.79 Å². The highest BCUT2D eigenvalue weighted by molar-refractivity contribution is 5.82. The average molecular weight is 286 g/mol. The maximum absolute atomic E-state index is 12.3. The first-order chi connectivity index (χ1) is 9.51. The van der Waals surface area contributed by atoms with Gasteiger partial charge in [-0.15, -0.1) is 6.58 Å². The number of carbonyl (C=O) groups excluding carboxylic acids is 1. The van der Waals surface area contributed by atoms with Crippen LogP contribution in [0.1, 0.15) is 33.1 Å². The predicted molar refractivity (Wildman–Crippen MR) is 77.7 cm³/mol. The maximum atomic E-state index is 12.3. The zero-order chi connectivity index (χ0) is 15.5. The number of methoxy groups -OCH3 is 1. The molecule has 0 aliphatic heterocycles. The van der Waals surface area contributed by atoms with E-state index < -0.39 is 12.0 Å². The lowest BCUT2D eigenvalue weighted by Crippen LogP contribution is -2.52. The number of carboxylic acid groups (broad SMARTS) is 1. The van der Waals surface area contributed by atoms with Gasteiger partial charge in [0.25, 0.3) is 0 Å². The van der Waals surface area contributed by atoms with E-state index in [4.69, 9.17) is 9.84 Å². The predicted octanol–water partition coefficient (Wildman–Crippen LogP) is 1.86. The molecule has 0 aromatic rings. The Morgan fingerprint density at radius 3 is 2.40 bits per heavy atom. The van der Waals surface area contributed by atoms with Crippen molar-refractivity contribution in [2.24, 2.45) is 0 Å². The first kappa shape index (κ1) is 18.4. The van der Waals surface area contributed by atoms with Gasteiger partial charge in [-0.25, -0.2) is 9.59 Å². The van der Waals surface area contributed by atoms with E-state index in [-0.39, 0.29) is 18.5 Å². The summed E-state index contributed by atoms with van der Waals surface area (Å²) in [6.07, 6.45) is 3.30. The van der Waals surface area contributed by atoms with Gasteiger partial charge in [0, 0.05) is 19.7 Å². The Labute approximate surface area is 120 Å². The van der Waals surface area contributed by atoms with Gasteiger partial charge in [-0.2, -0.15) is 0 Å². The van der Waals surface area contributed by atoms with Crippen molar-refractivity contribution in [2.45, 2.75) is 45.2 Å². The SMILES string of the molecule is C=CCC(NC(=O)N(CCOC)C(CC)CC)C(=O)O. The summed E-state index contributed by atoms with van der Waals surface area (Å²) in [4.78, 5) is 25.0. The molecule has 1 atom stereocenters. The lowest BCUT2D eigenvalue weighted by Gasteiger charge is -2.31. The summed E-state index contributed by atoms with van der Waals surface area (Å²) in [6, 6.07) is -1.24. The van der Waals surface area contributed by atoms with E-state index in [2.05, 4.69) is 11.9 Å². The van der Waals surface area contributed by atoms with Gasteiger partial charge in [0.05, 0.1) is 6.61 Å². The third-order valence-electron chi connectivity index (χ3n) is 3.18. The summed E-state index contributed by atoms with van der Waals surface area (Å²) in [5, 5.41) is 11.6. The second-order valence-electron chi connectivity index (χ2n) is 4.52. The third-order valence-corrected chi connectivity index (χ3v) is 3.18.